The molecule has 0 radical (unpaired) electrons. The largest absolute Gasteiger partial charge is 0.455 e. The maximum atomic E-state index is 6.94. The minimum atomic E-state index is 0.912. The second-order valence-electron chi connectivity index (χ2n) is 21.4. The molecule has 382 valence electrons. The van der Waals surface area contributed by atoms with E-state index in [1.807, 2.05) is 0 Å². The Labute approximate surface area is 458 Å². The Morgan fingerprint density at radius 2 is 0.494 bits per heavy atom. The lowest BCUT2D eigenvalue weighted by atomic mass is 9.94. The van der Waals surface area contributed by atoms with E-state index in [0.29, 0.717) is 0 Å². The van der Waals surface area contributed by atoms with Gasteiger partial charge in [-0.3, -0.25) is 0 Å². The van der Waals surface area contributed by atoms with Crippen LogP contribution in [0.2, 0.25) is 0 Å². The molecular weight excluding hydrogens is 929 g/mol. The van der Waals surface area contributed by atoms with Crippen molar-refractivity contribution >= 4 is 21.9 Å². The van der Waals surface area contributed by atoms with Gasteiger partial charge in [0.25, 0.3) is 0 Å². The molecule has 1 aromatic heterocycles. The number of unbranched alkanes of at least 4 members (excludes halogenated alkanes) is 10. The van der Waals surface area contributed by atoms with Gasteiger partial charge in [0, 0.05) is 21.9 Å². The molecule has 0 unspecified atom stereocenters. The van der Waals surface area contributed by atoms with E-state index in [4.69, 9.17) is 4.42 Å². The normalized spacial score (nSPS) is 11.5. The highest BCUT2D eigenvalue weighted by Gasteiger charge is 2.17. The summed E-state index contributed by atoms with van der Waals surface area (Å²) in [6.45, 7) is 4.56. The quantitative estimate of drug-likeness (QED) is 0.0617. The molecule has 11 aromatic rings. The summed E-state index contributed by atoms with van der Waals surface area (Å²) in [4.78, 5) is 0. The fourth-order valence-electron chi connectivity index (χ4n) is 11.4. The zero-order valence-corrected chi connectivity index (χ0v) is 45.2. The zero-order chi connectivity index (χ0) is 52.2. The van der Waals surface area contributed by atoms with Gasteiger partial charge in [0.15, 0.2) is 0 Å². The van der Waals surface area contributed by atoms with Crippen LogP contribution in [0.4, 0.5) is 0 Å². The van der Waals surface area contributed by atoms with Gasteiger partial charge < -0.3 is 4.42 Å². The van der Waals surface area contributed by atoms with Crippen molar-refractivity contribution in [3.63, 3.8) is 0 Å². The molecular formula is C76H72O. The lowest BCUT2D eigenvalue weighted by Crippen LogP contribution is -1.87. The molecule has 77 heavy (non-hydrogen) atoms. The van der Waals surface area contributed by atoms with E-state index in [0.717, 1.165) is 57.0 Å². The van der Waals surface area contributed by atoms with Crippen molar-refractivity contribution in [3.8, 4) is 89.0 Å². The summed E-state index contributed by atoms with van der Waals surface area (Å²) in [5.41, 5.74) is 23.8. The van der Waals surface area contributed by atoms with Crippen LogP contribution in [0, 0.1) is 0 Å². The fourth-order valence-corrected chi connectivity index (χ4v) is 11.4. The van der Waals surface area contributed by atoms with E-state index in [1.54, 1.807) is 0 Å². The first-order valence-corrected chi connectivity index (χ1v) is 28.8. The minimum Gasteiger partial charge on any atom is -0.455 e. The molecule has 1 nitrogen and oxygen atoms in total. The first-order chi connectivity index (χ1) is 38.1. The third-order valence-electron chi connectivity index (χ3n) is 15.9. The Hall–Kier alpha value is -8.00. The Kier molecular flexibility index (Phi) is 16.4. The molecule has 0 bridgehead atoms. The second kappa shape index (κ2) is 24.8. The van der Waals surface area contributed by atoms with Crippen molar-refractivity contribution in [2.45, 2.75) is 104 Å². The van der Waals surface area contributed by atoms with Crippen LogP contribution in [-0.2, 0) is 12.8 Å². The van der Waals surface area contributed by atoms with E-state index in [9.17, 15) is 0 Å². The topological polar surface area (TPSA) is 13.1 Å². The number of aryl methyl sites for hydroxylation is 2. The van der Waals surface area contributed by atoms with Gasteiger partial charge in [-0.25, -0.2) is 0 Å². The summed E-state index contributed by atoms with van der Waals surface area (Å²) in [7, 11) is 0. The third-order valence-corrected chi connectivity index (χ3v) is 15.9. The Morgan fingerprint density at radius 1 is 0.234 bits per heavy atom. The van der Waals surface area contributed by atoms with Crippen LogP contribution in [-0.4, -0.2) is 0 Å². The smallest absolute Gasteiger partial charge is 0.143 e. The highest BCUT2D eigenvalue weighted by Crippen LogP contribution is 2.41. The first kappa shape index (κ1) is 51.1. The highest BCUT2D eigenvalue weighted by atomic mass is 16.3. The summed E-state index contributed by atoms with van der Waals surface area (Å²) in [6.07, 6.45) is 18.3. The average molecular weight is 1000 g/mol. The molecule has 0 fully saturated rings. The molecule has 0 atom stereocenters. The summed E-state index contributed by atoms with van der Waals surface area (Å²) < 4.78 is 6.94. The first-order valence-electron chi connectivity index (χ1n) is 28.8. The Morgan fingerprint density at radius 3 is 0.818 bits per heavy atom. The van der Waals surface area contributed by atoms with Crippen molar-refractivity contribution in [2.75, 3.05) is 0 Å². The van der Waals surface area contributed by atoms with Crippen molar-refractivity contribution in [2.24, 2.45) is 0 Å². The SMILES string of the molecule is CCCCCCCCc1ccc(-c2cccc(-c3cccc(-c4ccc(-c5cccc6c5oc5c(-c7ccc(-c8cccc(-c9cccc(-c%10ccc(CCCCCCCC)cc%10)c9)c8)cc7)cccc56)cc4)c3)c2)cc1. The van der Waals surface area contributed by atoms with Gasteiger partial charge in [-0.1, -0.05) is 284 Å². The third kappa shape index (κ3) is 12.2. The Bertz CT molecular complexity index is 3440. The minimum absolute atomic E-state index is 0.912. The standard InChI is InChI=1S/C76H72O/c1-3-5-7-9-11-13-21-55-35-39-57(40-36-55)63-23-15-27-67(51-63)69-29-17-25-65(53-69)59-43-47-61(48-44-59)71-31-19-33-73-74-34-20-32-72(76(74)77-75(71)73)62-49-45-60(46-50-62)66-26-18-30-70(54-66)68-28-16-24-64(52-68)58-41-37-56(38-42-58)22-14-12-10-8-6-4-2/h15-20,23-54H,3-14,21-22H2,1-2H3. The second-order valence-corrected chi connectivity index (χ2v) is 21.4. The maximum absolute atomic E-state index is 6.94. The van der Waals surface area contributed by atoms with E-state index in [1.165, 1.54) is 155 Å². The molecule has 1 heterocycles. The zero-order valence-electron chi connectivity index (χ0n) is 45.2. The van der Waals surface area contributed by atoms with E-state index in [-0.39, 0.29) is 0 Å². The molecule has 11 rings (SSSR count). The van der Waals surface area contributed by atoms with E-state index < -0.39 is 0 Å². The van der Waals surface area contributed by atoms with Gasteiger partial charge in [-0.05, 0) is 139 Å². The average Bonchev–Trinajstić information content (AvgIpc) is 3.93. The van der Waals surface area contributed by atoms with Crippen molar-refractivity contribution in [3.05, 3.63) is 242 Å². The number of hydrogen-bond acceptors (Lipinski definition) is 1. The maximum Gasteiger partial charge on any atom is 0.143 e. The van der Waals surface area contributed by atoms with Crippen LogP contribution in [0.15, 0.2) is 235 Å². The molecule has 1 heteroatoms. The lowest BCUT2D eigenvalue weighted by molar-refractivity contribution is 0.607. The van der Waals surface area contributed by atoms with E-state index >= 15 is 0 Å². The Balaban J connectivity index is 0.773. The molecule has 0 spiro atoms. The molecule has 0 N–H and O–H groups in total. The van der Waals surface area contributed by atoms with Gasteiger partial charge in [0.2, 0.25) is 0 Å². The number of furan rings is 1. The van der Waals surface area contributed by atoms with Crippen molar-refractivity contribution in [1.82, 2.24) is 0 Å². The summed E-state index contributed by atoms with van der Waals surface area (Å²) in [5.74, 6) is 0. The van der Waals surface area contributed by atoms with Gasteiger partial charge >= 0.3 is 0 Å². The van der Waals surface area contributed by atoms with E-state index in [2.05, 4.69) is 244 Å². The predicted octanol–water partition coefficient (Wildman–Crippen LogP) is 22.7. The molecule has 0 amide bonds. The highest BCUT2D eigenvalue weighted by molar-refractivity contribution is 6.13. The molecule has 0 aliphatic rings. The summed E-state index contributed by atoms with van der Waals surface area (Å²) >= 11 is 0. The van der Waals surface area contributed by atoms with Gasteiger partial charge in [0.1, 0.15) is 11.2 Å². The lowest BCUT2D eigenvalue weighted by Gasteiger charge is -2.10. The number of fused-ring (bicyclic) bond motifs is 3. The van der Waals surface area contributed by atoms with Crippen LogP contribution >= 0.6 is 0 Å². The molecule has 0 saturated carbocycles. The fraction of sp³-hybridized carbons (Fsp3) is 0.211. The van der Waals surface area contributed by atoms with Crippen LogP contribution in [0.5, 0.6) is 0 Å². The molecule has 0 saturated heterocycles. The van der Waals surface area contributed by atoms with Gasteiger partial charge in [0.05, 0.1) is 0 Å². The molecule has 0 aliphatic carbocycles. The molecule has 10 aromatic carbocycles. The van der Waals surface area contributed by atoms with Crippen LogP contribution < -0.4 is 0 Å². The number of hydrogen-bond donors (Lipinski definition) is 0. The van der Waals surface area contributed by atoms with Gasteiger partial charge in [-0.2, -0.15) is 0 Å². The predicted molar refractivity (Wildman–Crippen MR) is 331 cm³/mol. The monoisotopic (exact) mass is 1000 g/mol. The number of para-hydroxylation sites is 2. The van der Waals surface area contributed by atoms with Crippen LogP contribution in [0.25, 0.3) is 111 Å². The van der Waals surface area contributed by atoms with Gasteiger partial charge in [-0.15, -0.1) is 0 Å². The van der Waals surface area contributed by atoms with Crippen molar-refractivity contribution < 1.29 is 4.42 Å². The van der Waals surface area contributed by atoms with Crippen LogP contribution in [0.3, 0.4) is 0 Å². The summed E-state index contributed by atoms with van der Waals surface area (Å²) in [5, 5.41) is 2.25. The number of rotatable bonds is 22. The number of benzene rings is 10. The van der Waals surface area contributed by atoms with Crippen molar-refractivity contribution in [1.29, 1.82) is 0 Å². The summed E-state index contributed by atoms with van der Waals surface area (Å²) in [6, 6.07) is 85.3. The van der Waals surface area contributed by atoms with Crippen LogP contribution in [0.1, 0.15) is 102 Å². The molecule has 0 aliphatic heterocycles.